The van der Waals surface area contributed by atoms with E-state index < -0.39 is 6.10 Å². The molecule has 1 unspecified atom stereocenters. The van der Waals surface area contributed by atoms with E-state index in [9.17, 15) is 9.59 Å². The van der Waals surface area contributed by atoms with Gasteiger partial charge in [0.15, 0.2) is 6.10 Å². The van der Waals surface area contributed by atoms with Crippen molar-refractivity contribution in [1.82, 2.24) is 9.80 Å². The Morgan fingerprint density at radius 1 is 0.903 bits per heavy atom. The van der Waals surface area contributed by atoms with Crippen molar-refractivity contribution in [2.24, 2.45) is 0 Å². The summed E-state index contributed by atoms with van der Waals surface area (Å²) < 4.78 is 11.4. The van der Waals surface area contributed by atoms with E-state index in [1.165, 1.54) is 11.1 Å². The number of fused-ring (bicyclic) bond motifs is 2. The van der Waals surface area contributed by atoms with Crippen molar-refractivity contribution in [3.63, 3.8) is 0 Å². The third-order valence-corrected chi connectivity index (χ3v) is 6.27. The molecule has 0 radical (unpaired) electrons. The first kappa shape index (κ1) is 19.9. The number of morpholine rings is 1. The molecule has 2 aromatic carbocycles. The average molecular weight is 421 g/mol. The van der Waals surface area contributed by atoms with Crippen LogP contribution in [0, 0.1) is 0 Å². The van der Waals surface area contributed by atoms with Gasteiger partial charge in [0, 0.05) is 26.2 Å². The van der Waals surface area contributed by atoms with Crippen LogP contribution in [0.2, 0.25) is 0 Å². The molecule has 1 fully saturated rings. The van der Waals surface area contributed by atoms with Crippen LogP contribution < -0.4 is 9.64 Å². The number of carbonyl (C=O) groups is 2. The minimum atomic E-state index is -0.622. The zero-order chi connectivity index (χ0) is 21.2. The topological polar surface area (TPSA) is 62.3 Å². The van der Waals surface area contributed by atoms with Crippen LogP contribution in [0.1, 0.15) is 11.1 Å². The number of benzene rings is 2. The van der Waals surface area contributed by atoms with Gasteiger partial charge < -0.3 is 24.2 Å². The minimum absolute atomic E-state index is 0.0397. The lowest BCUT2D eigenvalue weighted by molar-refractivity contribution is -0.143. The third-order valence-electron chi connectivity index (χ3n) is 6.27. The number of hydrogen-bond acceptors (Lipinski definition) is 5. The van der Waals surface area contributed by atoms with Crippen molar-refractivity contribution in [3.05, 3.63) is 59.7 Å². The van der Waals surface area contributed by atoms with E-state index >= 15 is 0 Å². The Balaban J connectivity index is 1.31. The van der Waals surface area contributed by atoms with Gasteiger partial charge in [-0.25, -0.2) is 0 Å². The summed E-state index contributed by atoms with van der Waals surface area (Å²) in [4.78, 5) is 32.0. The first-order valence-corrected chi connectivity index (χ1v) is 10.9. The van der Waals surface area contributed by atoms with E-state index in [0.717, 1.165) is 18.7 Å². The maximum atomic E-state index is 13.2. The normalized spacial score (nSPS) is 20.5. The van der Waals surface area contributed by atoms with Crippen molar-refractivity contribution in [3.8, 4) is 5.75 Å². The maximum Gasteiger partial charge on any atom is 0.265 e. The Morgan fingerprint density at radius 2 is 1.65 bits per heavy atom. The highest BCUT2D eigenvalue weighted by atomic mass is 16.5. The fourth-order valence-corrected chi connectivity index (χ4v) is 4.54. The van der Waals surface area contributed by atoms with Crippen molar-refractivity contribution in [2.75, 3.05) is 50.8 Å². The van der Waals surface area contributed by atoms with Gasteiger partial charge in [-0.05, 0) is 29.7 Å². The molecule has 3 heterocycles. The number of anilines is 1. The summed E-state index contributed by atoms with van der Waals surface area (Å²) in [5, 5.41) is 0. The van der Waals surface area contributed by atoms with Crippen LogP contribution in [0.15, 0.2) is 48.5 Å². The number of rotatable bonds is 3. The van der Waals surface area contributed by atoms with Crippen LogP contribution in [0.4, 0.5) is 5.69 Å². The van der Waals surface area contributed by atoms with Gasteiger partial charge in [-0.15, -0.1) is 0 Å². The van der Waals surface area contributed by atoms with Gasteiger partial charge in [0.25, 0.3) is 5.91 Å². The molecule has 0 spiro atoms. The van der Waals surface area contributed by atoms with Gasteiger partial charge >= 0.3 is 0 Å². The third kappa shape index (κ3) is 4.10. The summed E-state index contributed by atoms with van der Waals surface area (Å²) >= 11 is 0. The quantitative estimate of drug-likeness (QED) is 0.755. The van der Waals surface area contributed by atoms with Crippen LogP contribution in [-0.2, 0) is 27.3 Å². The molecule has 0 N–H and O–H groups in total. The molecule has 162 valence electrons. The fraction of sp³-hybridized carbons (Fsp3) is 0.417. The van der Waals surface area contributed by atoms with Crippen molar-refractivity contribution in [1.29, 1.82) is 0 Å². The lowest BCUT2D eigenvalue weighted by atomic mass is 10.00. The van der Waals surface area contributed by atoms with Gasteiger partial charge in [0.1, 0.15) is 5.75 Å². The van der Waals surface area contributed by atoms with Gasteiger partial charge in [0.05, 0.1) is 32.0 Å². The van der Waals surface area contributed by atoms with E-state index in [1.54, 1.807) is 4.90 Å². The molecular formula is C24H27N3O4. The predicted molar refractivity (Wildman–Crippen MR) is 116 cm³/mol. The van der Waals surface area contributed by atoms with Crippen molar-refractivity contribution in [2.45, 2.75) is 19.1 Å². The van der Waals surface area contributed by atoms with E-state index in [2.05, 4.69) is 12.1 Å². The Kier molecular flexibility index (Phi) is 5.51. The van der Waals surface area contributed by atoms with Crippen molar-refractivity contribution >= 4 is 17.5 Å². The van der Waals surface area contributed by atoms with Gasteiger partial charge in [-0.1, -0.05) is 36.4 Å². The van der Waals surface area contributed by atoms with Crippen LogP contribution in [0.3, 0.4) is 0 Å². The van der Waals surface area contributed by atoms with Gasteiger partial charge in [-0.2, -0.15) is 0 Å². The van der Waals surface area contributed by atoms with Crippen LogP contribution in [-0.4, -0.2) is 73.7 Å². The monoisotopic (exact) mass is 421 g/mol. The highest BCUT2D eigenvalue weighted by molar-refractivity contribution is 5.86. The molecular weight excluding hydrogens is 394 g/mol. The van der Waals surface area contributed by atoms with Crippen LogP contribution in [0.25, 0.3) is 0 Å². The molecule has 0 aromatic heterocycles. The zero-order valence-electron chi connectivity index (χ0n) is 17.5. The summed E-state index contributed by atoms with van der Waals surface area (Å²) in [5.41, 5.74) is 3.39. The highest BCUT2D eigenvalue weighted by Gasteiger charge is 2.35. The Labute approximate surface area is 182 Å². The second-order valence-electron chi connectivity index (χ2n) is 8.23. The highest BCUT2D eigenvalue weighted by Crippen LogP contribution is 2.33. The lowest BCUT2D eigenvalue weighted by Gasteiger charge is -2.39. The molecule has 5 rings (SSSR count). The predicted octanol–water partition coefficient (Wildman–Crippen LogP) is 1.70. The SMILES string of the molecule is O=C(CN1CC(C(=O)N2CCOCC2)Oc2ccccc21)N1CCc2ccccc2C1. The number of hydrogen-bond donors (Lipinski definition) is 0. The maximum absolute atomic E-state index is 13.2. The fourth-order valence-electron chi connectivity index (χ4n) is 4.54. The lowest BCUT2D eigenvalue weighted by Crippen LogP contribution is -2.54. The second-order valence-corrected chi connectivity index (χ2v) is 8.23. The molecule has 1 saturated heterocycles. The van der Waals surface area contributed by atoms with Crippen molar-refractivity contribution < 1.29 is 19.1 Å². The summed E-state index contributed by atoms with van der Waals surface area (Å²) in [6.45, 7) is 4.20. The minimum Gasteiger partial charge on any atom is -0.477 e. The number of amides is 2. The number of nitrogens with zero attached hydrogens (tertiary/aromatic N) is 3. The standard InChI is InChI=1S/C24H27N3O4/c28-23(26-10-9-18-5-1-2-6-19(18)15-26)17-27-16-22(24(29)25-11-13-30-14-12-25)31-21-8-4-3-7-20(21)27/h1-8,22H,9-17H2. The molecule has 2 amide bonds. The second kappa shape index (κ2) is 8.59. The molecule has 31 heavy (non-hydrogen) atoms. The van der Waals surface area contributed by atoms with Gasteiger partial charge in [0.2, 0.25) is 5.91 Å². The molecule has 0 aliphatic carbocycles. The summed E-state index contributed by atoms with van der Waals surface area (Å²) in [6, 6.07) is 15.9. The zero-order valence-corrected chi connectivity index (χ0v) is 17.5. The molecule has 2 aromatic rings. The molecule has 3 aliphatic rings. The molecule has 7 heteroatoms. The Hall–Kier alpha value is -3.06. The smallest absolute Gasteiger partial charge is 0.265 e. The largest absolute Gasteiger partial charge is 0.477 e. The Morgan fingerprint density at radius 3 is 2.48 bits per heavy atom. The Bertz CT molecular complexity index is 973. The van der Waals surface area contributed by atoms with Crippen LogP contribution >= 0.6 is 0 Å². The molecule has 0 saturated carbocycles. The molecule has 0 bridgehead atoms. The van der Waals surface area contributed by atoms with Gasteiger partial charge in [-0.3, -0.25) is 9.59 Å². The number of carbonyl (C=O) groups excluding carboxylic acids is 2. The summed E-state index contributed by atoms with van der Waals surface area (Å²) in [5.74, 6) is 0.683. The average Bonchev–Trinajstić information content (AvgIpc) is 2.83. The summed E-state index contributed by atoms with van der Waals surface area (Å²) in [6.07, 6.45) is 0.252. The van der Waals surface area contributed by atoms with E-state index in [4.69, 9.17) is 9.47 Å². The van der Waals surface area contributed by atoms with E-state index in [-0.39, 0.29) is 18.4 Å². The molecule has 3 aliphatic heterocycles. The number of para-hydroxylation sites is 2. The first-order chi connectivity index (χ1) is 15.2. The van der Waals surface area contributed by atoms with Crippen LogP contribution in [0.5, 0.6) is 5.75 Å². The van der Waals surface area contributed by atoms with E-state index in [0.29, 0.717) is 45.1 Å². The number of ether oxygens (including phenoxy) is 2. The van der Waals surface area contributed by atoms with E-state index in [1.807, 2.05) is 46.2 Å². The first-order valence-electron chi connectivity index (χ1n) is 10.9. The molecule has 1 atom stereocenters. The molecule has 7 nitrogen and oxygen atoms in total. The summed E-state index contributed by atoms with van der Waals surface area (Å²) in [7, 11) is 0.